The number of nitrogens with one attached hydrogen (secondary N) is 2. The summed E-state index contributed by atoms with van der Waals surface area (Å²) >= 11 is 0.712. The number of carbonyl (C=O) groups excluding carboxylic acids is 2. The first kappa shape index (κ1) is 27.3. The molecule has 0 unspecified atom stereocenters. The Morgan fingerprint density at radius 2 is 1.86 bits per heavy atom. The highest BCUT2D eigenvalue weighted by Crippen LogP contribution is 2.31. The van der Waals surface area contributed by atoms with Crippen molar-refractivity contribution in [1.82, 2.24) is 19.5 Å². The van der Waals surface area contributed by atoms with E-state index in [0.717, 1.165) is 57.7 Å². The third-order valence-electron chi connectivity index (χ3n) is 5.80. The van der Waals surface area contributed by atoms with Crippen LogP contribution in [0.5, 0.6) is 5.88 Å². The fourth-order valence-electron chi connectivity index (χ4n) is 3.69. The Bertz CT molecular complexity index is 1100. The van der Waals surface area contributed by atoms with Gasteiger partial charge in [-0.2, -0.15) is 4.37 Å². The van der Waals surface area contributed by atoms with Crippen LogP contribution in [0.15, 0.2) is 12.1 Å². The van der Waals surface area contributed by atoms with Crippen LogP contribution in [0.3, 0.4) is 0 Å². The fraction of sp³-hybridized carbons (Fsp3) is 0.478. The molecule has 36 heavy (non-hydrogen) atoms. The molecule has 1 fully saturated rings. The molecular weight excluding hydrogens is 496 g/mol. The maximum Gasteiger partial charge on any atom is 0.344 e. The van der Waals surface area contributed by atoms with E-state index < -0.39 is 30.2 Å². The molecule has 1 saturated heterocycles. The molecule has 1 aliphatic rings. The minimum absolute atomic E-state index is 0.0334. The van der Waals surface area contributed by atoms with Gasteiger partial charge in [-0.3, -0.25) is 15.0 Å². The third kappa shape index (κ3) is 7.34. The van der Waals surface area contributed by atoms with E-state index >= 15 is 0 Å². The van der Waals surface area contributed by atoms with E-state index in [0.29, 0.717) is 18.1 Å². The monoisotopic (exact) mass is 525 g/mol. The highest BCUT2D eigenvalue weighted by molar-refractivity contribution is 7.11. The number of amides is 3. The van der Waals surface area contributed by atoms with E-state index in [1.807, 2.05) is 4.90 Å². The van der Waals surface area contributed by atoms with Crippen molar-refractivity contribution in [3.05, 3.63) is 40.5 Å². The topological polar surface area (TPSA) is 124 Å². The molecule has 13 heteroatoms. The largest absolute Gasteiger partial charge is 0.477 e. The maximum atomic E-state index is 14.0. The van der Waals surface area contributed by atoms with Crippen molar-refractivity contribution in [3.63, 3.8) is 0 Å². The van der Waals surface area contributed by atoms with Crippen molar-refractivity contribution in [2.24, 2.45) is 0 Å². The van der Waals surface area contributed by atoms with Gasteiger partial charge in [0.2, 0.25) is 11.8 Å². The first-order valence-corrected chi connectivity index (χ1v) is 12.3. The van der Waals surface area contributed by atoms with Crippen LogP contribution in [0, 0.1) is 18.6 Å². The molecule has 10 nitrogen and oxygen atoms in total. The maximum absolute atomic E-state index is 14.0. The molecule has 1 aliphatic heterocycles. The Morgan fingerprint density at radius 3 is 2.53 bits per heavy atom. The Labute approximate surface area is 211 Å². The number of carbonyl (C=O) groups is 3. The van der Waals surface area contributed by atoms with E-state index in [1.165, 1.54) is 6.92 Å². The molecule has 0 saturated carbocycles. The van der Waals surface area contributed by atoms with Crippen molar-refractivity contribution in [3.8, 4) is 5.88 Å². The van der Waals surface area contributed by atoms with Gasteiger partial charge in [0.1, 0.15) is 23.2 Å². The molecule has 0 atom stereocenters. The number of aromatic carboxylic acids is 1. The number of anilines is 1. The van der Waals surface area contributed by atoms with Crippen molar-refractivity contribution in [2.45, 2.75) is 33.3 Å². The normalized spacial score (nSPS) is 13.9. The molecule has 0 bridgehead atoms. The lowest BCUT2D eigenvalue weighted by Crippen LogP contribution is -2.48. The van der Waals surface area contributed by atoms with Gasteiger partial charge < -0.3 is 20.1 Å². The van der Waals surface area contributed by atoms with Gasteiger partial charge in [0, 0.05) is 45.2 Å². The molecule has 2 heterocycles. The fourth-order valence-corrected chi connectivity index (χ4v) is 4.41. The summed E-state index contributed by atoms with van der Waals surface area (Å²) < 4.78 is 37.0. The predicted octanol–water partition coefficient (Wildman–Crippen LogP) is 3.07. The van der Waals surface area contributed by atoms with Crippen LogP contribution in [-0.2, 0) is 11.4 Å². The van der Waals surface area contributed by atoms with E-state index in [1.54, 1.807) is 6.92 Å². The summed E-state index contributed by atoms with van der Waals surface area (Å²) in [5, 5.41) is 14.7. The minimum Gasteiger partial charge on any atom is -0.477 e. The van der Waals surface area contributed by atoms with Gasteiger partial charge in [-0.05, 0) is 55.5 Å². The molecule has 1 aromatic heterocycles. The number of rotatable bonds is 10. The number of ether oxygens (including phenoxy) is 1. The molecule has 196 valence electrons. The molecule has 3 N–H and O–H groups in total. The minimum atomic E-state index is -1.38. The Kier molecular flexibility index (Phi) is 9.53. The van der Waals surface area contributed by atoms with Crippen LogP contribution >= 0.6 is 11.5 Å². The lowest BCUT2D eigenvalue weighted by atomic mass is 10.1. The van der Waals surface area contributed by atoms with Crippen molar-refractivity contribution in [1.29, 1.82) is 0 Å². The number of hydrogen-bond acceptors (Lipinski definition) is 7. The zero-order valence-electron chi connectivity index (χ0n) is 20.1. The van der Waals surface area contributed by atoms with Crippen LogP contribution in [0.1, 0.15) is 41.3 Å². The zero-order valence-corrected chi connectivity index (χ0v) is 20.9. The van der Waals surface area contributed by atoms with Crippen LogP contribution in [0.4, 0.5) is 18.6 Å². The van der Waals surface area contributed by atoms with Crippen LogP contribution in [-0.4, -0.2) is 76.5 Å². The average Bonchev–Trinajstić information content (AvgIpc) is 3.23. The second-order valence-corrected chi connectivity index (χ2v) is 9.19. The first-order valence-electron chi connectivity index (χ1n) is 11.5. The van der Waals surface area contributed by atoms with Crippen LogP contribution in [0.25, 0.3) is 0 Å². The summed E-state index contributed by atoms with van der Waals surface area (Å²) in [6.07, 6.45) is 1.58. The molecular formula is C23H29F2N5O5S. The molecule has 1 aromatic carbocycles. The van der Waals surface area contributed by atoms with Gasteiger partial charge in [-0.15, -0.1) is 0 Å². The summed E-state index contributed by atoms with van der Waals surface area (Å²) in [5.74, 6) is -2.88. The van der Waals surface area contributed by atoms with Gasteiger partial charge >= 0.3 is 12.0 Å². The Hall–Kier alpha value is -3.32. The zero-order chi connectivity index (χ0) is 26.2. The van der Waals surface area contributed by atoms with E-state index in [9.17, 15) is 28.3 Å². The predicted molar refractivity (Wildman–Crippen MR) is 129 cm³/mol. The summed E-state index contributed by atoms with van der Waals surface area (Å²) in [6.45, 7) is 6.91. The van der Waals surface area contributed by atoms with E-state index in [-0.39, 0.29) is 33.5 Å². The summed E-state index contributed by atoms with van der Waals surface area (Å²) in [5.41, 5.74) is -0.315. The lowest BCUT2D eigenvalue weighted by Gasteiger charge is -2.34. The van der Waals surface area contributed by atoms with Crippen molar-refractivity contribution in [2.75, 3.05) is 44.6 Å². The number of carboxylic acid groups (broad SMARTS) is 1. The highest BCUT2D eigenvalue weighted by atomic mass is 32.1. The standard InChI is InChI=1S/C23H29F2N5O5S/c1-14-11-18(25)16(12-17(14)24)13-35-20-19(22(32)33)21(36-28-20)27-23(34)26-5-3-4-6-29-7-9-30(10-8-29)15(2)31/h11-12H,3-10,13H2,1-2H3,(H,32,33)(H2,26,27,34). The molecule has 2 aromatic rings. The molecule has 3 rings (SSSR count). The molecule has 3 amide bonds. The van der Waals surface area contributed by atoms with Gasteiger partial charge in [0.15, 0.2) is 5.56 Å². The smallest absolute Gasteiger partial charge is 0.344 e. The van der Waals surface area contributed by atoms with Crippen LogP contribution in [0.2, 0.25) is 0 Å². The SMILES string of the molecule is CC(=O)N1CCN(CCCCNC(=O)Nc2snc(OCc3cc(F)c(C)cc3F)c2C(=O)O)CC1. The molecule has 0 aliphatic carbocycles. The van der Waals surface area contributed by atoms with Gasteiger partial charge in [-0.1, -0.05) is 0 Å². The quantitative estimate of drug-likeness (QED) is 0.407. The number of aryl methyl sites for hydroxylation is 1. The number of halogens is 2. The van der Waals surface area contributed by atoms with Gasteiger partial charge in [0.05, 0.1) is 0 Å². The number of carboxylic acids is 1. The summed E-state index contributed by atoms with van der Waals surface area (Å²) in [7, 11) is 0. The Morgan fingerprint density at radius 1 is 1.14 bits per heavy atom. The molecule has 0 radical (unpaired) electrons. The second-order valence-electron chi connectivity index (χ2n) is 8.41. The number of piperazine rings is 1. The van der Waals surface area contributed by atoms with Crippen LogP contribution < -0.4 is 15.4 Å². The van der Waals surface area contributed by atoms with Crippen molar-refractivity contribution >= 4 is 34.4 Å². The van der Waals surface area contributed by atoms with Crippen molar-refractivity contribution < 1.29 is 33.0 Å². The number of hydrogen-bond donors (Lipinski definition) is 3. The van der Waals surface area contributed by atoms with Gasteiger partial charge in [-0.25, -0.2) is 18.4 Å². The summed E-state index contributed by atoms with van der Waals surface area (Å²) in [4.78, 5) is 39.4. The number of urea groups is 1. The Balaban J connectivity index is 1.44. The number of nitrogens with zero attached hydrogens (tertiary/aromatic N) is 3. The number of benzene rings is 1. The number of unbranched alkanes of at least 4 members (excludes halogenated alkanes) is 1. The molecule has 0 spiro atoms. The second kappa shape index (κ2) is 12.6. The first-order chi connectivity index (χ1) is 17.2. The lowest BCUT2D eigenvalue weighted by molar-refractivity contribution is -0.130. The van der Waals surface area contributed by atoms with Gasteiger partial charge in [0.25, 0.3) is 0 Å². The average molecular weight is 526 g/mol. The van der Waals surface area contributed by atoms with E-state index in [4.69, 9.17) is 4.74 Å². The number of aromatic nitrogens is 1. The highest BCUT2D eigenvalue weighted by Gasteiger charge is 2.24. The van der Waals surface area contributed by atoms with E-state index in [2.05, 4.69) is 19.9 Å². The third-order valence-corrected chi connectivity index (χ3v) is 6.54. The summed E-state index contributed by atoms with van der Waals surface area (Å²) in [6, 6.07) is 1.42.